The second kappa shape index (κ2) is 7.14. The van der Waals surface area contributed by atoms with Crippen molar-refractivity contribution in [1.82, 2.24) is 19.7 Å². The highest BCUT2D eigenvalue weighted by Crippen LogP contribution is 2.25. The molecule has 0 fully saturated rings. The summed E-state index contributed by atoms with van der Waals surface area (Å²) in [5.41, 5.74) is 2.54. The lowest BCUT2D eigenvalue weighted by Gasteiger charge is -2.14. The number of aromatic nitrogens is 4. The van der Waals surface area contributed by atoms with Gasteiger partial charge >= 0.3 is 5.97 Å². The molecule has 0 radical (unpaired) electrons. The van der Waals surface area contributed by atoms with Gasteiger partial charge in [-0.25, -0.2) is 9.78 Å². The van der Waals surface area contributed by atoms with Crippen LogP contribution in [0.25, 0.3) is 5.82 Å². The summed E-state index contributed by atoms with van der Waals surface area (Å²) in [6.45, 7) is 3.72. The molecule has 2 aromatic heterocycles. The number of rotatable bonds is 4. The van der Waals surface area contributed by atoms with Crippen molar-refractivity contribution in [2.75, 3.05) is 12.4 Å². The fourth-order valence-electron chi connectivity index (χ4n) is 2.41. The minimum Gasteiger partial charge on any atom is -0.465 e. The number of esters is 1. The van der Waals surface area contributed by atoms with Gasteiger partial charge in [0.15, 0.2) is 11.5 Å². The Morgan fingerprint density at radius 3 is 2.54 bits per heavy atom. The predicted octanol–water partition coefficient (Wildman–Crippen LogP) is 2.32. The zero-order chi connectivity index (χ0) is 18.7. The van der Waals surface area contributed by atoms with Crippen LogP contribution in [-0.4, -0.2) is 38.7 Å². The van der Waals surface area contributed by atoms with Crippen LogP contribution in [0.15, 0.2) is 43.0 Å². The minimum atomic E-state index is -0.523. The Morgan fingerprint density at radius 2 is 1.92 bits per heavy atom. The molecule has 1 amide bonds. The Bertz CT molecular complexity index is 950. The third-order valence-electron chi connectivity index (χ3n) is 4.03. The first-order chi connectivity index (χ1) is 12.5. The average Bonchev–Trinajstić information content (AvgIpc) is 3.20. The third kappa shape index (κ3) is 3.30. The number of hydrogen-bond acceptors (Lipinski definition) is 6. The number of methoxy groups -OCH3 is 1. The first-order valence-corrected chi connectivity index (χ1v) is 7.83. The smallest absolute Gasteiger partial charge is 0.339 e. The van der Waals surface area contributed by atoms with E-state index >= 15 is 0 Å². The van der Waals surface area contributed by atoms with Gasteiger partial charge in [0.05, 0.1) is 18.4 Å². The lowest BCUT2D eigenvalue weighted by Crippen LogP contribution is -2.18. The Labute approximate surface area is 149 Å². The highest BCUT2D eigenvalue weighted by atomic mass is 16.5. The number of ether oxygens (including phenoxy) is 1. The van der Waals surface area contributed by atoms with Crippen LogP contribution in [0.2, 0.25) is 0 Å². The monoisotopic (exact) mass is 351 g/mol. The van der Waals surface area contributed by atoms with Crippen LogP contribution in [-0.2, 0) is 4.74 Å². The van der Waals surface area contributed by atoms with Crippen LogP contribution in [0.1, 0.15) is 32.0 Å². The van der Waals surface area contributed by atoms with Crippen molar-refractivity contribution >= 4 is 17.6 Å². The summed E-state index contributed by atoms with van der Waals surface area (Å²) in [7, 11) is 1.30. The number of anilines is 1. The van der Waals surface area contributed by atoms with Gasteiger partial charge in [0.1, 0.15) is 6.33 Å². The quantitative estimate of drug-likeness (QED) is 0.724. The average molecular weight is 351 g/mol. The molecule has 0 saturated carbocycles. The van der Waals surface area contributed by atoms with Crippen molar-refractivity contribution < 1.29 is 14.3 Å². The van der Waals surface area contributed by atoms with E-state index in [1.807, 2.05) is 13.8 Å². The molecular formula is C18H17N5O3. The maximum absolute atomic E-state index is 12.6. The molecule has 8 heteroatoms. The largest absolute Gasteiger partial charge is 0.465 e. The third-order valence-corrected chi connectivity index (χ3v) is 4.03. The molecule has 0 spiro atoms. The molecular weight excluding hydrogens is 334 g/mol. The number of imidazole rings is 1. The van der Waals surface area contributed by atoms with E-state index in [0.717, 1.165) is 11.1 Å². The molecule has 26 heavy (non-hydrogen) atoms. The summed E-state index contributed by atoms with van der Waals surface area (Å²) in [4.78, 5) is 28.5. The molecule has 0 aliphatic heterocycles. The topological polar surface area (TPSA) is 99.0 Å². The summed E-state index contributed by atoms with van der Waals surface area (Å²) in [5, 5.41) is 10.7. The molecule has 0 bridgehead atoms. The number of hydrogen-bond donors (Lipinski definition) is 1. The van der Waals surface area contributed by atoms with Crippen LogP contribution >= 0.6 is 0 Å². The highest BCUT2D eigenvalue weighted by molar-refractivity contribution is 6.07. The summed E-state index contributed by atoms with van der Waals surface area (Å²) in [5.74, 6) is -0.445. The molecule has 0 saturated heterocycles. The van der Waals surface area contributed by atoms with Crippen LogP contribution in [0.3, 0.4) is 0 Å². The molecule has 8 nitrogen and oxygen atoms in total. The maximum Gasteiger partial charge on any atom is 0.339 e. The van der Waals surface area contributed by atoms with Gasteiger partial charge in [-0.15, -0.1) is 10.2 Å². The van der Waals surface area contributed by atoms with Crippen LogP contribution < -0.4 is 5.32 Å². The van der Waals surface area contributed by atoms with E-state index < -0.39 is 11.9 Å². The van der Waals surface area contributed by atoms with Crippen LogP contribution in [0.5, 0.6) is 0 Å². The summed E-state index contributed by atoms with van der Waals surface area (Å²) in [6.07, 6.45) is 4.93. The summed E-state index contributed by atoms with van der Waals surface area (Å²) in [6, 6.07) is 6.64. The van der Waals surface area contributed by atoms with E-state index in [1.54, 1.807) is 47.6 Å². The molecule has 3 rings (SSSR count). The minimum absolute atomic E-state index is 0.130. The Hall–Kier alpha value is -3.55. The summed E-state index contributed by atoms with van der Waals surface area (Å²) < 4.78 is 6.46. The molecule has 1 aromatic carbocycles. The molecule has 2 heterocycles. The second-order valence-corrected chi connectivity index (χ2v) is 5.62. The normalized spacial score (nSPS) is 10.4. The van der Waals surface area contributed by atoms with Crippen molar-refractivity contribution in [3.8, 4) is 5.82 Å². The number of nitrogens with one attached hydrogen (secondary N) is 1. The van der Waals surface area contributed by atoms with Gasteiger partial charge in [0, 0.05) is 12.4 Å². The zero-order valence-corrected chi connectivity index (χ0v) is 14.6. The van der Waals surface area contributed by atoms with Crippen molar-refractivity contribution in [2.45, 2.75) is 13.8 Å². The van der Waals surface area contributed by atoms with Gasteiger partial charge in [0.2, 0.25) is 0 Å². The number of amides is 1. The van der Waals surface area contributed by atoms with E-state index in [1.165, 1.54) is 7.11 Å². The maximum atomic E-state index is 12.6. The Morgan fingerprint density at radius 1 is 1.12 bits per heavy atom. The number of carbonyl (C=O) groups excluding carboxylic acids is 2. The second-order valence-electron chi connectivity index (χ2n) is 5.62. The number of carbonyl (C=O) groups is 2. The predicted molar refractivity (Wildman–Crippen MR) is 94.4 cm³/mol. The fourth-order valence-corrected chi connectivity index (χ4v) is 2.41. The molecule has 0 aliphatic carbocycles. The number of nitrogens with zero attached hydrogens (tertiary/aromatic N) is 4. The van der Waals surface area contributed by atoms with Crippen molar-refractivity contribution in [1.29, 1.82) is 0 Å². The highest BCUT2D eigenvalue weighted by Gasteiger charge is 2.19. The van der Waals surface area contributed by atoms with Gasteiger partial charge in [-0.2, -0.15) is 0 Å². The molecule has 0 atom stereocenters. The first-order valence-electron chi connectivity index (χ1n) is 7.83. The van der Waals surface area contributed by atoms with E-state index in [0.29, 0.717) is 11.5 Å². The lowest BCUT2D eigenvalue weighted by atomic mass is 10.0. The molecule has 3 aromatic rings. The van der Waals surface area contributed by atoms with Gasteiger partial charge in [-0.3, -0.25) is 9.36 Å². The SMILES string of the molecule is COC(=O)c1ccc(C)c(C)c1NC(=O)c1ccc(-n2ccnc2)nn1. The fraction of sp³-hybridized carbons (Fsp3) is 0.167. The van der Waals surface area contributed by atoms with E-state index in [2.05, 4.69) is 20.5 Å². The lowest BCUT2D eigenvalue weighted by molar-refractivity contribution is 0.0602. The van der Waals surface area contributed by atoms with E-state index in [9.17, 15) is 9.59 Å². The van der Waals surface area contributed by atoms with Crippen LogP contribution in [0, 0.1) is 13.8 Å². The van der Waals surface area contributed by atoms with Crippen molar-refractivity contribution in [3.63, 3.8) is 0 Å². The summed E-state index contributed by atoms with van der Waals surface area (Å²) >= 11 is 0. The Kier molecular flexibility index (Phi) is 4.74. The Balaban J connectivity index is 1.88. The molecule has 0 unspecified atom stereocenters. The van der Waals surface area contributed by atoms with Gasteiger partial charge in [-0.05, 0) is 43.2 Å². The van der Waals surface area contributed by atoms with E-state index in [-0.39, 0.29) is 11.3 Å². The zero-order valence-electron chi connectivity index (χ0n) is 14.6. The van der Waals surface area contributed by atoms with Crippen molar-refractivity contribution in [2.24, 2.45) is 0 Å². The van der Waals surface area contributed by atoms with Crippen LogP contribution in [0.4, 0.5) is 5.69 Å². The standard InChI is InChI=1S/C18H17N5O3/c1-11-4-5-13(18(25)26-3)16(12(11)2)20-17(24)14-6-7-15(22-21-14)23-9-8-19-10-23/h4-10H,1-3H3,(H,20,24). The first kappa shape index (κ1) is 17.3. The van der Waals surface area contributed by atoms with Gasteiger partial charge in [0.25, 0.3) is 5.91 Å². The number of aryl methyl sites for hydroxylation is 1. The molecule has 132 valence electrons. The number of benzene rings is 1. The van der Waals surface area contributed by atoms with Gasteiger partial charge < -0.3 is 10.1 Å². The van der Waals surface area contributed by atoms with Crippen molar-refractivity contribution in [3.05, 3.63) is 65.4 Å². The molecule has 1 N–H and O–H groups in total. The molecule has 0 aliphatic rings. The van der Waals surface area contributed by atoms with E-state index in [4.69, 9.17) is 4.74 Å². The van der Waals surface area contributed by atoms with Gasteiger partial charge in [-0.1, -0.05) is 6.07 Å².